The third-order valence-electron chi connectivity index (χ3n) is 11.1. The summed E-state index contributed by atoms with van der Waals surface area (Å²) in [6.45, 7) is 4.78. The zero-order valence-corrected chi connectivity index (χ0v) is 22.7. The third kappa shape index (κ3) is 2.55. The van der Waals surface area contributed by atoms with Gasteiger partial charge in [0.15, 0.2) is 17.8 Å². The molecule has 2 aliphatic carbocycles. The van der Waals surface area contributed by atoms with E-state index >= 15 is 0 Å². The zero-order chi connectivity index (χ0) is 29.3. The Hall–Kier alpha value is -3.06. The van der Waals surface area contributed by atoms with Crippen LogP contribution in [-0.2, 0) is 38.1 Å². The maximum Gasteiger partial charge on any atom is 0.342 e. The molecule has 0 radical (unpaired) electrons. The lowest BCUT2D eigenvalue weighted by Crippen LogP contribution is -2.73. The van der Waals surface area contributed by atoms with E-state index in [1.54, 1.807) is 30.3 Å². The number of rotatable bonds is 6. The van der Waals surface area contributed by atoms with Gasteiger partial charge in [0.25, 0.3) is 0 Å². The molecule has 2 saturated carbocycles. The minimum Gasteiger partial charge on any atom is -0.462 e. The molecule has 2 bridgehead atoms. The van der Waals surface area contributed by atoms with Gasteiger partial charge >= 0.3 is 23.9 Å². The van der Waals surface area contributed by atoms with E-state index in [9.17, 15) is 34.5 Å². The Morgan fingerprint density at radius 3 is 2.46 bits per heavy atom. The molecule has 4 saturated heterocycles. The van der Waals surface area contributed by atoms with Crippen molar-refractivity contribution in [1.29, 1.82) is 0 Å². The van der Waals surface area contributed by atoms with Gasteiger partial charge in [-0.15, -0.1) is 0 Å². The number of ether oxygens (including phenoxy) is 5. The van der Waals surface area contributed by atoms with Crippen LogP contribution < -0.4 is 0 Å². The monoisotopic (exact) mass is 572 g/mol. The second kappa shape index (κ2) is 8.27. The summed E-state index contributed by atoms with van der Waals surface area (Å²) < 4.78 is 29.2. The van der Waals surface area contributed by atoms with E-state index in [2.05, 4.69) is 0 Å². The van der Waals surface area contributed by atoms with Crippen molar-refractivity contribution in [2.75, 3.05) is 6.61 Å². The van der Waals surface area contributed by atoms with Crippen LogP contribution in [0, 0.1) is 34.5 Å². The Morgan fingerprint density at radius 1 is 1.07 bits per heavy atom. The molecule has 0 aromatic heterocycles. The molecular formula is C29H32O12. The Kier molecular flexibility index (Phi) is 5.41. The predicted molar refractivity (Wildman–Crippen MR) is 132 cm³/mol. The van der Waals surface area contributed by atoms with Crippen LogP contribution in [-0.4, -0.2) is 87.7 Å². The fraction of sp³-hybridized carbons (Fsp3) is 0.655. The van der Waals surface area contributed by atoms with Gasteiger partial charge in [0.2, 0.25) is 11.9 Å². The molecule has 7 rings (SSSR count). The van der Waals surface area contributed by atoms with Crippen molar-refractivity contribution >= 4 is 23.9 Å². The first-order chi connectivity index (χ1) is 19.5. The summed E-state index contributed by atoms with van der Waals surface area (Å²) in [6, 6.07) is 8.21. The van der Waals surface area contributed by atoms with Crippen LogP contribution in [0.5, 0.6) is 0 Å². The van der Waals surface area contributed by atoms with Crippen LogP contribution >= 0.6 is 0 Å². The molecule has 4 heterocycles. The highest BCUT2D eigenvalue weighted by Crippen LogP contribution is 2.85. The van der Waals surface area contributed by atoms with E-state index in [0.717, 1.165) is 0 Å². The first-order valence-electron chi connectivity index (χ1n) is 14.1. The van der Waals surface area contributed by atoms with Crippen molar-refractivity contribution < 1.29 is 58.2 Å². The molecule has 2 spiro atoms. The number of aliphatic hydroxyl groups excluding tert-OH is 2. The fourth-order valence-electron chi connectivity index (χ4n) is 9.80. The van der Waals surface area contributed by atoms with Crippen LogP contribution in [0.15, 0.2) is 30.3 Å². The normalized spacial score (nSPS) is 49.1. The number of fused-ring (bicyclic) bond motifs is 2. The number of carbonyl (C=O) groups is 4. The standard InChI is InChI=1S/C29H32O12/c1-4-8-12(2)16-17-15(11-37-22(33)14-9-6-5-7-10-14)27-18(30)20-28(36,13(3)21(32)39-20)29(27,24(35)38-17)41-25-26(16,27)19(31)23(34)40-25/h5-7,9-10,12-13,15-20,25,30-31,36H,4,8,11H2,1-3H3/t12-,13+,15?,16+,17-,18-,19-,20?,25?,26?,27?,28+,29?/m0/s1. The Bertz CT molecular complexity index is 1350. The summed E-state index contributed by atoms with van der Waals surface area (Å²) >= 11 is 0. The van der Waals surface area contributed by atoms with Crippen LogP contribution in [0.25, 0.3) is 0 Å². The van der Waals surface area contributed by atoms with Crippen LogP contribution in [0.1, 0.15) is 44.0 Å². The molecule has 6 aliphatic rings. The lowest BCUT2D eigenvalue weighted by molar-refractivity contribution is -0.276. The lowest BCUT2D eigenvalue weighted by Gasteiger charge is -2.52. The second-order valence-electron chi connectivity index (χ2n) is 12.4. The Balaban J connectivity index is 1.47. The highest BCUT2D eigenvalue weighted by molar-refractivity contribution is 5.93. The summed E-state index contributed by atoms with van der Waals surface area (Å²) in [7, 11) is 0. The summed E-state index contributed by atoms with van der Waals surface area (Å²) in [5, 5.41) is 36.3. The largest absolute Gasteiger partial charge is 0.462 e. The lowest BCUT2D eigenvalue weighted by atomic mass is 9.50. The molecule has 12 nitrogen and oxygen atoms in total. The van der Waals surface area contributed by atoms with E-state index in [0.29, 0.717) is 12.8 Å². The predicted octanol–water partition coefficient (Wildman–Crippen LogP) is 0.104. The molecule has 6 fully saturated rings. The fourth-order valence-corrected chi connectivity index (χ4v) is 9.80. The van der Waals surface area contributed by atoms with Crippen molar-refractivity contribution in [2.24, 2.45) is 34.5 Å². The van der Waals surface area contributed by atoms with E-state index in [1.807, 2.05) is 13.8 Å². The van der Waals surface area contributed by atoms with E-state index in [1.165, 1.54) is 6.92 Å². The molecule has 6 unspecified atom stereocenters. The van der Waals surface area contributed by atoms with Crippen LogP contribution in [0.2, 0.25) is 0 Å². The molecule has 1 aromatic rings. The van der Waals surface area contributed by atoms with Crippen molar-refractivity contribution in [3.63, 3.8) is 0 Å². The molecule has 13 atom stereocenters. The quantitative estimate of drug-likeness (QED) is 0.310. The number of esters is 4. The van der Waals surface area contributed by atoms with Gasteiger partial charge in [-0.1, -0.05) is 44.9 Å². The van der Waals surface area contributed by atoms with Crippen LogP contribution in [0.4, 0.5) is 0 Å². The van der Waals surface area contributed by atoms with Gasteiger partial charge < -0.3 is 39.0 Å². The molecule has 1 aromatic carbocycles. The summed E-state index contributed by atoms with van der Waals surface area (Å²) in [4.78, 5) is 53.1. The molecule has 220 valence electrons. The van der Waals surface area contributed by atoms with Gasteiger partial charge in [-0.2, -0.15) is 0 Å². The van der Waals surface area contributed by atoms with Gasteiger partial charge in [-0.05, 0) is 25.0 Å². The van der Waals surface area contributed by atoms with E-state index < -0.39 is 101 Å². The van der Waals surface area contributed by atoms with Crippen molar-refractivity contribution in [3.8, 4) is 0 Å². The Morgan fingerprint density at radius 2 is 1.78 bits per heavy atom. The zero-order valence-electron chi connectivity index (χ0n) is 22.7. The van der Waals surface area contributed by atoms with Crippen LogP contribution in [0.3, 0.4) is 0 Å². The molecule has 12 heteroatoms. The number of aliphatic hydroxyl groups is 3. The average Bonchev–Trinajstić information content (AvgIpc) is 3.57. The minimum absolute atomic E-state index is 0.260. The van der Waals surface area contributed by atoms with Gasteiger partial charge in [0, 0.05) is 11.8 Å². The first-order valence-corrected chi connectivity index (χ1v) is 14.1. The van der Waals surface area contributed by atoms with Gasteiger partial charge in [0.1, 0.15) is 12.2 Å². The minimum atomic E-state index is -2.48. The second-order valence-corrected chi connectivity index (χ2v) is 12.4. The molecule has 0 amide bonds. The van der Waals surface area contributed by atoms with Crippen molar-refractivity contribution in [2.45, 2.75) is 75.5 Å². The van der Waals surface area contributed by atoms with Gasteiger partial charge in [0.05, 0.1) is 28.9 Å². The maximum absolute atomic E-state index is 14.2. The average molecular weight is 573 g/mol. The first kappa shape index (κ1) is 26.8. The SMILES string of the molecule is CCC[C@H](C)[C@@H]1[C@H]2OC(=O)C34OC5OC(=O)[C@H](O)C51C3(C2COC(=O)c1ccccc1)[C@@H](O)C1OC(=O)[C@@H](C)[C@@]14O. The number of carbonyl (C=O) groups excluding carboxylic acids is 4. The number of hydrogen-bond donors (Lipinski definition) is 3. The topological polar surface area (TPSA) is 175 Å². The summed E-state index contributed by atoms with van der Waals surface area (Å²) in [5.41, 5.74) is -8.46. The molecule has 3 N–H and O–H groups in total. The maximum atomic E-state index is 14.2. The summed E-state index contributed by atoms with van der Waals surface area (Å²) in [6.07, 6.45) is -6.66. The van der Waals surface area contributed by atoms with E-state index in [-0.39, 0.29) is 11.5 Å². The van der Waals surface area contributed by atoms with Gasteiger partial charge in [-0.25, -0.2) is 14.4 Å². The highest BCUT2D eigenvalue weighted by atomic mass is 16.8. The third-order valence-corrected chi connectivity index (χ3v) is 11.1. The Labute approximate surface area is 234 Å². The van der Waals surface area contributed by atoms with Crippen molar-refractivity contribution in [1.82, 2.24) is 0 Å². The summed E-state index contributed by atoms with van der Waals surface area (Å²) in [5.74, 6) is -7.14. The van der Waals surface area contributed by atoms with Gasteiger partial charge in [-0.3, -0.25) is 4.79 Å². The molecular weight excluding hydrogens is 540 g/mol. The van der Waals surface area contributed by atoms with Crippen molar-refractivity contribution in [3.05, 3.63) is 35.9 Å². The highest BCUT2D eigenvalue weighted by Gasteiger charge is 3.03. The number of benzene rings is 1. The smallest absolute Gasteiger partial charge is 0.342 e. The molecule has 41 heavy (non-hydrogen) atoms. The number of hydrogen-bond acceptors (Lipinski definition) is 12. The van der Waals surface area contributed by atoms with E-state index in [4.69, 9.17) is 23.7 Å². The molecule has 4 aliphatic heterocycles.